The van der Waals surface area contributed by atoms with Gasteiger partial charge in [0.2, 0.25) is 0 Å². The van der Waals surface area contributed by atoms with Crippen LogP contribution in [0.15, 0.2) is 42.5 Å². The van der Waals surface area contributed by atoms with E-state index >= 15 is 0 Å². The number of hydrogen-bond donors (Lipinski definition) is 0. The van der Waals surface area contributed by atoms with Crippen LogP contribution in [0.25, 0.3) is 11.1 Å². The molecule has 18 heavy (non-hydrogen) atoms. The van der Waals surface area contributed by atoms with Gasteiger partial charge < -0.3 is 4.74 Å². The first-order chi connectivity index (χ1) is 8.61. The van der Waals surface area contributed by atoms with Crippen LogP contribution in [-0.4, -0.2) is 13.1 Å². The summed E-state index contributed by atoms with van der Waals surface area (Å²) in [5, 5.41) is 0. The lowest BCUT2D eigenvalue weighted by Gasteiger charge is -2.05. The highest BCUT2D eigenvalue weighted by atomic mass is 19.2. The van der Waals surface area contributed by atoms with E-state index in [2.05, 4.69) is 4.74 Å². The fourth-order valence-electron chi connectivity index (χ4n) is 1.62. The SMILES string of the molecule is COC(=O)c1cccc(-c2ccc(F)c(F)c2)c1. The zero-order chi connectivity index (χ0) is 13.1. The van der Waals surface area contributed by atoms with Crippen LogP contribution < -0.4 is 0 Å². The summed E-state index contributed by atoms with van der Waals surface area (Å²) in [6.45, 7) is 0. The molecule has 2 aromatic carbocycles. The van der Waals surface area contributed by atoms with E-state index in [9.17, 15) is 13.6 Å². The highest BCUT2D eigenvalue weighted by molar-refractivity contribution is 5.90. The monoisotopic (exact) mass is 248 g/mol. The Labute approximate surface area is 103 Å². The minimum absolute atomic E-state index is 0.361. The average molecular weight is 248 g/mol. The lowest BCUT2D eigenvalue weighted by molar-refractivity contribution is 0.0601. The number of benzene rings is 2. The van der Waals surface area contributed by atoms with Crippen LogP contribution in [0.3, 0.4) is 0 Å². The Bertz CT molecular complexity index is 594. The van der Waals surface area contributed by atoms with Crippen LogP contribution in [0, 0.1) is 11.6 Å². The van der Waals surface area contributed by atoms with Gasteiger partial charge in [-0.05, 0) is 35.4 Å². The largest absolute Gasteiger partial charge is 0.465 e. The number of carbonyl (C=O) groups excluding carboxylic acids is 1. The fourth-order valence-corrected chi connectivity index (χ4v) is 1.62. The van der Waals surface area contributed by atoms with E-state index in [4.69, 9.17) is 0 Å². The molecular formula is C14H10F2O2. The fraction of sp³-hybridized carbons (Fsp3) is 0.0714. The average Bonchev–Trinajstić information content (AvgIpc) is 2.41. The van der Waals surface area contributed by atoms with Crippen molar-refractivity contribution in [2.75, 3.05) is 7.11 Å². The molecule has 0 aliphatic rings. The minimum atomic E-state index is -0.920. The third kappa shape index (κ3) is 2.37. The number of rotatable bonds is 2. The molecular weight excluding hydrogens is 238 g/mol. The Morgan fingerprint density at radius 2 is 1.72 bits per heavy atom. The lowest BCUT2D eigenvalue weighted by Crippen LogP contribution is -2.00. The van der Waals surface area contributed by atoms with E-state index < -0.39 is 17.6 Å². The third-order valence-corrected chi connectivity index (χ3v) is 2.54. The normalized spacial score (nSPS) is 10.2. The number of hydrogen-bond acceptors (Lipinski definition) is 2. The maximum atomic E-state index is 13.1. The summed E-state index contributed by atoms with van der Waals surface area (Å²) in [5.74, 6) is -2.29. The van der Waals surface area contributed by atoms with Crippen LogP contribution in [0.1, 0.15) is 10.4 Å². The molecule has 0 heterocycles. The number of halogens is 2. The van der Waals surface area contributed by atoms with Gasteiger partial charge >= 0.3 is 5.97 Å². The van der Waals surface area contributed by atoms with E-state index in [1.807, 2.05) is 0 Å². The first-order valence-corrected chi connectivity index (χ1v) is 5.25. The van der Waals surface area contributed by atoms with Gasteiger partial charge in [0, 0.05) is 0 Å². The topological polar surface area (TPSA) is 26.3 Å². The molecule has 2 aromatic rings. The summed E-state index contributed by atoms with van der Waals surface area (Å²) in [4.78, 5) is 11.4. The maximum Gasteiger partial charge on any atom is 0.337 e. The van der Waals surface area contributed by atoms with Crippen molar-refractivity contribution in [2.45, 2.75) is 0 Å². The van der Waals surface area contributed by atoms with Crippen molar-refractivity contribution >= 4 is 5.97 Å². The molecule has 0 saturated heterocycles. The summed E-state index contributed by atoms with van der Waals surface area (Å²) < 4.78 is 30.5. The van der Waals surface area contributed by atoms with E-state index in [-0.39, 0.29) is 0 Å². The van der Waals surface area contributed by atoms with Crippen LogP contribution in [-0.2, 0) is 4.74 Å². The van der Waals surface area contributed by atoms with Gasteiger partial charge in [0.25, 0.3) is 0 Å². The predicted octanol–water partition coefficient (Wildman–Crippen LogP) is 3.42. The lowest BCUT2D eigenvalue weighted by atomic mass is 10.0. The molecule has 0 bridgehead atoms. The quantitative estimate of drug-likeness (QED) is 0.761. The van der Waals surface area contributed by atoms with E-state index in [0.29, 0.717) is 16.7 Å². The molecule has 92 valence electrons. The van der Waals surface area contributed by atoms with Crippen molar-refractivity contribution in [3.05, 3.63) is 59.7 Å². The molecule has 0 aliphatic heterocycles. The summed E-state index contributed by atoms with van der Waals surface area (Å²) >= 11 is 0. The second-order valence-electron chi connectivity index (χ2n) is 3.70. The molecule has 0 spiro atoms. The molecule has 0 fully saturated rings. The first-order valence-electron chi connectivity index (χ1n) is 5.25. The highest BCUT2D eigenvalue weighted by Gasteiger charge is 2.08. The molecule has 0 amide bonds. The van der Waals surface area contributed by atoms with Crippen molar-refractivity contribution in [1.29, 1.82) is 0 Å². The molecule has 4 heteroatoms. The molecule has 0 atom stereocenters. The zero-order valence-corrected chi connectivity index (χ0v) is 9.61. The number of carbonyl (C=O) groups is 1. The van der Waals surface area contributed by atoms with Gasteiger partial charge in [-0.15, -0.1) is 0 Å². The van der Waals surface area contributed by atoms with Gasteiger partial charge in [-0.2, -0.15) is 0 Å². The third-order valence-electron chi connectivity index (χ3n) is 2.54. The molecule has 0 aromatic heterocycles. The van der Waals surface area contributed by atoms with Crippen LogP contribution in [0.2, 0.25) is 0 Å². The number of ether oxygens (including phenoxy) is 1. The second kappa shape index (κ2) is 4.96. The molecule has 0 saturated carbocycles. The summed E-state index contributed by atoms with van der Waals surface area (Å²) in [6.07, 6.45) is 0. The Kier molecular flexibility index (Phi) is 3.37. The first kappa shape index (κ1) is 12.2. The van der Waals surface area contributed by atoms with Crippen molar-refractivity contribution in [1.82, 2.24) is 0 Å². The van der Waals surface area contributed by atoms with Gasteiger partial charge in [-0.3, -0.25) is 0 Å². The van der Waals surface area contributed by atoms with Crippen molar-refractivity contribution in [2.24, 2.45) is 0 Å². The van der Waals surface area contributed by atoms with Crippen molar-refractivity contribution in [3.8, 4) is 11.1 Å². The second-order valence-corrected chi connectivity index (χ2v) is 3.70. The Balaban J connectivity index is 2.44. The smallest absolute Gasteiger partial charge is 0.337 e. The molecule has 0 unspecified atom stereocenters. The van der Waals surface area contributed by atoms with Crippen LogP contribution in [0.5, 0.6) is 0 Å². The van der Waals surface area contributed by atoms with Gasteiger partial charge in [-0.25, -0.2) is 13.6 Å². The Morgan fingerprint density at radius 1 is 1.00 bits per heavy atom. The van der Waals surface area contributed by atoms with E-state index in [1.165, 1.54) is 13.2 Å². The standard InChI is InChI=1S/C14H10F2O2/c1-18-14(17)11-4-2-3-9(7-11)10-5-6-12(15)13(16)8-10/h2-8H,1H3. The van der Waals surface area contributed by atoms with Crippen LogP contribution in [0.4, 0.5) is 8.78 Å². The molecule has 0 radical (unpaired) electrons. The van der Waals surface area contributed by atoms with Crippen molar-refractivity contribution < 1.29 is 18.3 Å². The van der Waals surface area contributed by atoms with Gasteiger partial charge in [0.1, 0.15) is 0 Å². The molecule has 0 aliphatic carbocycles. The highest BCUT2D eigenvalue weighted by Crippen LogP contribution is 2.22. The molecule has 2 rings (SSSR count). The maximum absolute atomic E-state index is 13.1. The van der Waals surface area contributed by atoms with Gasteiger partial charge in [0.05, 0.1) is 12.7 Å². The predicted molar refractivity (Wildman–Crippen MR) is 63.1 cm³/mol. The summed E-state index contributed by atoms with van der Waals surface area (Å²) in [7, 11) is 1.28. The summed E-state index contributed by atoms with van der Waals surface area (Å²) in [5.41, 5.74) is 1.48. The Hall–Kier alpha value is -2.23. The van der Waals surface area contributed by atoms with Crippen LogP contribution >= 0.6 is 0 Å². The number of esters is 1. The van der Waals surface area contributed by atoms with E-state index in [1.54, 1.807) is 24.3 Å². The molecule has 0 N–H and O–H groups in total. The number of methoxy groups -OCH3 is 1. The zero-order valence-electron chi connectivity index (χ0n) is 9.61. The minimum Gasteiger partial charge on any atom is -0.465 e. The Morgan fingerprint density at radius 3 is 2.39 bits per heavy atom. The molecule has 2 nitrogen and oxygen atoms in total. The van der Waals surface area contributed by atoms with Crippen molar-refractivity contribution in [3.63, 3.8) is 0 Å². The summed E-state index contributed by atoms with van der Waals surface area (Å²) in [6, 6.07) is 10.1. The van der Waals surface area contributed by atoms with Gasteiger partial charge in [-0.1, -0.05) is 18.2 Å². The van der Waals surface area contributed by atoms with Gasteiger partial charge in [0.15, 0.2) is 11.6 Å². The van der Waals surface area contributed by atoms with E-state index in [0.717, 1.165) is 12.1 Å².